The smallest absolute Gasteiger partial charge is 0.256 e. The van der Waals surface area contributed by atoms with E-state index in [9.17, 15) is 18.0 Å². The fourth-order valence-corrected chi connectivity index (χ4v) is 5.78. The van der Waals surface area contributed by atoms with Crippen LogP contribution >= 0.6 is 27.3 Å². The van der Waals surface area contributed by atoms with E-state index in [0.717, 1.165) is 26.0 Å². The summed E-state index contributed by atoms with van der Waals surface area (Å²) in [7, 11) is -3.51. The lowest BCUT2D eigenvalue weighted by molar-refractivity contribution is -0.119. The molecule has 0 spiro atoms. The van der Waals surface area contributed by atoms with Gasteiger partial charge in [-0.3, -0.25) is 9.59 Å². The monoisotopic (exact) mass is 536 g/mol. The molecule has 1 fully saturated rings. The number of nitrogens with one attached hydrogen (secondary N) is 1. The predicted molar refractivity (Wildman–Crippen MR) is 127 cm³/mol. The zero-order valence-electron chi connectivity index (χ0n) is 17.4. The first-order valence-corrected chi connectivity index (χ1v) is 13.4. The molecule has 32 heavy (non-hydrogen) atoms. The minimum atomic E-state index is -3.51. The van der Waals surface area contributed by atoms with Crippen molar-refractivity contribution in [2.24, 2.45) is 0 Å². The third kappa shape index (κ3) is 4.64. The molecule has 0 saturated carbocycles. The van der Waals surface area contributed by atoms with Crippen LogP contribution in [0, 0.1) is 6.92 Å². The Morgan fingerprint density at radius 3 is 2.75 bits per heavy atom. The standard InChI is InChI=1S/C21H21BrN4O4S2/c1-13-9-15(11-26(13)32(2,29)30)20(28)25-8-4-7-18(25)19(27)24-21-23-17(12-31-21)14-5-3-6-16(22)10-14/h3,5-6,9-12,18H,4,7-8H2,1-2H3,(H,23,24,27)/t18-/m0/s1. The SMILES string of the molecule is Cc1cc(C(=O)N2CCC[C@H]2C(=O)Nc2nc(-c3cccc(Br)c3)cs2)cn1S(C)(=O)=O. The van der Waals surface area contributed by atoms with Gasteiger partial charge in [0.2, 0.25) is 15.9 Å². The Morgan fingerprint density at radius 2 is 2.06 bits per heavy atom. The largest absolute Gasteiger partial charge is 0.327 e. The molecule has 0 unspecified atom stereocenters. The molecule has 0 radical (unpaired) electrons. The topological polar surface area (TPSA) is 101 Å². The van der Waals surface area contributed by atoms with Crippen LogP contribution in [0.5, 0.6) is 0 Å². The molecule has 168 valence electrons. The number of carbonyl (C=O) groups excluding carboxylic acids is 2. The minimum Gasteiger partial charge on any atom is -0.327 e. The van der Waals surface area contributed by atoms with Crippen LogP contribution < -0.4 is 5.32 Å². The minimum absolute atomic E-state index is 0.249. The van der Waals surface area contributed by atoms with E-state index in [1.807, 2.05) is 29.6 Å². The van der Waals surface area contributed by atoms with E-state index >= 15 is 0 Å². The molecule has 1 aromatic carbocycles. The van der Waals surface area contributed by atoms with Gasteiger partial charge in [-0.1, -0.05) is 28.1 Å². The zero-order valence-corrected chi connectivity index (χ0v) is 20.6. The van der Waals surface area contributed by atoms with Gasteiger partial charge in [0.25, 0.3) is 5.91 Å². The van der Waals surface area contributed by atoms with Crippen molar-refractivity contribution in [3.05, 3.63) is 57.6 Å². The van der Waals surface area contributed by atoms with E-state index in [-0.39, 0.29) is 17.4 Å². The van der Waals surface area contributed by atoms with Crippen molar-refractivity contribution >= 4 is 54.2 Å². The second-order valence-electron chi connectivity index (χ2n) is 7.62. The number of hydrogen-bond acceptors (Lipinski definition) is 6. The van der Waals surface area contributed by atoms with Crippen LogP contribution in [0.3, 0.4) is 0 Å². The zero-order chi connectivity index (χ0) is 23.0. The number of nitrogens with zero attached hydrogens (tertiary/aromatic N) is 3. The molecule has 0 aliphatic carbocycles. The number of carbonyl (C=O) groups is 2. The predicted octanol–water partition coefficient (Wildman–Crippen LogP) is 3.73. The number of anilines is 1. The maximum atomic E-state index is 13.0. The number of aromatic nitrogens is 2. The van der Waals surface area contributed by atoms with Crippen molar-refractivity contribution in [1.82, 2.24) is 13.9 Å². The highest BCUT2D eigenvalue weighted by atomic mass is 79.9. The van der Waals surface area contributed by atoms with Gasteiger partial charge in [-0.15, -0.1) is 11.3 Å². The normalized spacial score (nSPS) is 16.3. The van der Waals surface area contributed by atoms with Gasteiger partial charge in [-0.25, -0.2) is 17.4 Å². The molecule has 2 aromatic heterocycles. The van der Waals surface area contributed by atoms with Gasteiger partial charge in [-0.2, -0.15) is 0 Å². The number of benzene rings is 1. The summed E-state index contributed by atoms with van der Waals surface area (Å²) >= 11 is 4.76. The summed E-state index contributed by atoms with van der Waals surface area (Å²) in [6, 6.07) is 8.62. The lowest BCUT2D eigenvalue weighted by Gasteiger charge is -2.23. The fourth-order valence-electron chi connectivity index (χ4n) is 3.78. The molecule has 11 heteroatoms. The highest BCUT2D eigenvalue weighted by molar-refractivity contribution is 9.10. The molecule has 2 amide bonds. The lowest BCUT2D eigenvalue weighted by atomic mass is 10.2. The average Bonchev–Trinajstić information content (AvgIpc) is 3.46. The van der Waals surface area contributed by atoms with Crippen LogP contribution in [0.1, 0.15) is 28.9 Å². The van der Waals surface area contributed by atoms with Gasteiger partial charge in [-0.05, 0) is 38.0 Å². The maximum absolute atomic E-state index is 13.0. The number of aryl methyl sites for hydroxylation is 1. The average molecular weight is 537 g/mol. The highest BCUT2D eigenvalue weighted by Crippen LogP contribution is 2.28. The number of hydrogen-bond donors (Lipinski definition) is 1. The van der Waals surface area contributed by atoms with Crippen molar-refractivity contribution in [2.45, 2.75) is 25.8 Å². The third-order valence-electron chi connectivity index (χ3n) is 5.24. The highest BCUT2D eigenvalue weighted by Gasteiger charge is 2.35. The molecule has 4 rings (SSSR count). The van der Waals surface area contributed by atoms with Crippen LogP contribution in [0.2, 0.25) is 0 Å². The Bertz CT molecular complexity index is 1300. The number of halogens is 1. The van der Waals surface area contributed by atoms with E-state index in [0.29, 0.717) is 30.2 Å². The number of amides is 2. The van der Waals surface area contributed by atoms with E-state index in [1.165, 1.54) is 28.5 Å². The van der Waals surface area contributed by atoms with Crippen molar-refractivity contribution in [2.75, 3.05) is 18.1 Å². The second kappa shape index (κ2) is 8.80. The number of rotatable bonds is 5. The third-order valence-corrected chi connectivity index (χ3v) is 7.60. The summed E-state index contributed by atoms with van der Waals surface area (Å²) in [5.41, 5.74) is 2.38. The summed E-state index contributed by atoms with van der Waals surface area (Å²) in [4.78, 5) is 32.0. The Kier molecular flexibility index (Phi) is 6.24. The first kappa shape index (κ1) is 22.7. The van der Waals surface area contributed by atoms with Crippen molar-refractivity contribution in [3.63, 3.8) is 0 Å². The van der Waals surface area contributed by atoms with Crippen LogP contribution in [0.25, 0.3) is 11.3 Å². The Labute approximate surface area is 198 Å². The number of likely N-dealkylation sites (tertiary alicyclic amines) is 1. The molecule has 1 saturated heterocycles. The number of thiazole rings is 1. The van der Waals surface area contributed by atoms with Crippen molar-refractivity contribution in [1.29, 1.82) is 0 Å². The first-order valence-electron chi connectivity index (χ1n) is 9.86. The Hall–Kier alpha value is -2.50. The molecule has 0 bridgehead atoms. The maximum Gasteiger partial charge on any atom is 0.256 e. The second-order valence-corrected chi connectivity index (χ2v) is 11.3. The van der Waals surface area contributed by atoms with E-state index < -0.39 is 16.1 Å². The molecule has 8 nitrogen and oxygen atoms in total. The van der Waals surface area contributed by atoms with Gasteiger partial charge in [0.15, 0.2) is 5.13 Å². The van der Waals surface area contributed by atoms with Gasteiger partial charge < -0.3 is 10.2 Å². The van der Waals surface area contributed by atoms with Gasteiger partial charge in [0.05, 0.1) is 17.5 Å². The molecule has 1 aliphatic rings. The molecule has 1 atom stereocenters. The summed E-state index contributed by atoms with van der Waals surface area (Å²) in [5.74, 6) is -0.660. The van der Waals surface area contributed by atoms with Gasteiger partial charge in [0, 0.05) is 33.9 Å². The van der Waals surface area contributed by atoms with Crippen LogP contribution in [-0.4, -0.2) is 52.9 Å². The van der Waals surface area contributed by atoms with Crippen LogP contribution in [0.4, 0.5) is 5.13 Å². The fraction of sp³-hybridized carbons (Fsp3) is 0.286. The van der Waals surface area contributed by atoms with E-state index in [1.54, 1.807) is 6.92 Å². The summed E-state index contributed by atoms with van der Waals surface area (Å²) in [5, 5.41) is 5.16. The van der Waals surface area contributed by atoms with Crippen LogP contribution in [-0.2, 0) is 14.8 Å². The Balaban J connectivity index is 1.49. The first-order chi connectivity index (χ1) is 15.1. The quantitative estimate of drug-likeness (QED) is 0.535. The lowest BCUT2D eigenvalue weighted by Crippen LogP contribution is -2.43. The summed E-state index contributed by atoms with van der Waals surface area (Å²) < 4.78 is 25.8. The van der Waals surface area contributed by atoms with Crippen molar-refractivity contribution < 1.29 is 18.0 Å². The van der Waals surface area contributed by atoms with E-state index in [4.69, 9.17) is 0 Å². The molecule has 3 aromatic rings. The summed E-state index contributed by atoms with van der Waals surface area (Å²) in [6.45, 7) is 2.05. The molecule has 1 aliphatic heterocycles. The van der Waals surface area contributed by atoms with Gasteiger partial charge in [0.1, 0.15) is 6.04 Å². The molecule has 1 N–H and O–H groups in total. The Morgan fingerprint density at radius 1 is 1.28 bits per heavy atom. The van der Waals surface area contributed by atoms with Crippen LogP contribution in [0.15, 0.2) is 46.4 Å². The van der Waals surface area contributed by atoms with Gasteiger partial charge >= 0.3 is 0 Å². The van der Waals surface area contributed by atoms with E-state index in [2.05, 4.69) is 26.2 Å². The van der Waals surface area contributed by atoms with Crippen molar-refractivity contribution in [3.8, 4) is 11.3 Å². The summed E-state index contributed by atoms with van der Waals surface area (Å²) in [6.07, 6.45) is 3.62. The molecule has 3 heterocycles. The molecular formula is C21H21BrN4O4S2. The molecular weight excluding hydrogens is 516 g/mol.